The summed E-state index contributed by atoms with van der Waals surface area (Å²) in [7, 11) is 0. The minimum atomic E-state index is -1.12. The number of amides is 2. The Kier molecular flexibility index (Phi) is 6.22. The van der Waals surface area contributed by atoms with Crippen LogP contribution in [0.5, 0.6) is 0 Å². The summed E-state index contributed by atoms with van der Waals surface area (Å²) >= 11 is 1.45. The summed E-state index contributed by atoms with van der Waals surface area (Å²) in [6.45, 7) is 5.24. The van der Waals surface area contributed by atoms with Crippen LogP contribution in [0.2, 0.25) is 0 Å². The van der Waals surface area contributed by atoms with Crippen LogP contribution in [0.1, 0.15) is 20.3 Å². The molecule has 6 atom stereocenters. The van der Waals surface area contributed by atoms with Crippen molar-refractivity contribution in [3.05, 3.63) is 10.6 Å². The Labute approximate surface area is 179 Å². The van der Waals surface area contributed by atoms with E-state index >= 15 is 0 Å². The van der Waals surface area contributed by atoms with Gasteiger partial charge in [-0.2, -0.15) is 0 Å². The predicted octanol–water partition coefficient (Wildman–Crippen LogP) is -0.805. The first-order valence-electron chi connectivity index (χ1n) is 9.63. The number of carbonyl (C=O) groups is 3. The zero-order valence-corrected chi connectivity index (χ0v) is 17.9. The third kappa shape index (κ3) is 3.54. The van der Waals surface area contributed by atoms with Gasteiger partial charge in [-0.15, -0.1) is 24.2 Å². The fourth-order valence-electron chi connectivity index (χ4n) is 4.75. The Morgan fingerprint density at radius 2 is 2.00 bits per heavy atom. The van der Waals surface area contributed by atoms with Gasteiger partial charge in [-0.3, -0.25) is 9.59 Å². The molecule has 2 amide bonds. The van der Waals surface area contributed by atoms with E-state index in [0.717, 1.165) is 0 Å². The number of β-lactam (4-membered cyclic amide) rings is 1. The standard InChI is InChI=1S/C18H26N4O5S.ClH/c1-7-13-12(8(2)23)17(25)22(13)14(18(26)27)15(7)28-10-3-11(20-4-10)16(24)21-5-9(19)6-21;/h7-13,20,23H,3-6,19H2,1-2H3,(H,26,27);1H/t7-,8?,10+,11+,12-,13-;/m1./s1. The molecule has 0 saturated carbocycles. The number of rotatable bonds is 5. The van der Waals surface area contributed by atoms with Crippen LogP contribution in [-0.2, 0) is 14.4 Å². The number of halogens is 1. The van der Waals surface area contributed by atoms with Gasteiger partial charge in [-0.25, -0.2) is 4.79 Å². The van der Waals surface area contributed by atoms with Gasteiger partial charge in [0.25, 0.3) is 0 Å². The summed E-state index contributed by atoms with van der Waals surface area (Å²) in [6, 6.07) is -0.531. The van der Waals surface area contributed by atoms with Crippen LogP contribution in [0.15, 0.2) is 10.6 Å². The topological polar surface area (TPSA) is 136 Å². The number of thioether (sulfide) groups is 1. The molecule has 4 aliphatic heterocycles. The lowest BCUT2D eigenvalue weighted by Crippen LogP contribution is -2.63. The molecule has 5 N–H and O–H groups in total. The van der Waals surface area contributed by atoms with Crippen LogP contribution in [0.4, 0.5) is 0 Å². The van der Waals surface area contributed by atoms with Crippen LogP contribution >= 0.6 is 24.2 Å². The molecule has 0 radical (unpaired) electrons. The Balaban J connectivity index is 0.00000240. The first-order valence-corrected chi connectivity index (χ1v) is 10.5. The number of fused-ring (bicyclic) bond motifs is 1. The number of likely N-dealkylation sites (tertiary alicyclic amines) is 1. The maximum atomic E-state index is 12.5. The highest BCUT2D eigenvalue weighted by molar-refractivity contribution is 8.03. The number of carbonyl (C=O) groups excluding carboxylic acids is 2. The van der Waals surface area contributed by atoms with Gasteiger partial charge >= 0.3 is 5.97 Å². The van der Waals surface area contributed by atoms with Gasteiger partial charge in [0.15, 0.2) is 0 Å². The van der Waals surface area contributed by atoms with E-state index in [2.05, 4.69) is 5.32 Å². The number of aliphatic hydroxyl groups excluding tert-OH is 1. The number of carboxylic acids is 1. The lowest BCUT2D eigenvalue weighted by atomic mass is 9.79. The molecule has 0 bridgehead atoms. The van der Waals surface area contributed by atoms with Gasteiger partial charge in [0.05, 0.1) is 24.1 Å². The third-order valence-electron chi connectivity index (χ3n) is 6.21. The number of nitrogens with two attached hydrogens (primary N) is 1. The van der Waals surface area contributed by atoms with Gasteiger partial charge in [-0.05, 0) is 13.3 Å². The Bertz CT molecular complexity index is 757. The van der Waals surface area contributed by atoms with Crippen LogP contribution in [0, 0.1) is 11.8 Å². The van der Waals surface area contributed by atoms with Crippen molar-refractivity contribution < 1.29 is 24.6 Å². The highest BCUT2D eigenvalue weighted by Crippen LogP contribution is 2.51. The van der Waals surface area contributed by atoms with E-state index < -0.39 is 18.0 Å². The van der Waals surface area contributed by atoms with E-state index in [9.17, 15) is 24.6 Å². The second-order valence-electron chi connectivity index (χ2n) is 8.21. The van der Waals surface area contributed by atoms with E-state index in [1.54, 1.807) is 11.8 Å². The highest BCUT2D eigenvalue weighted by atomic mass is 35.5. The fraction of sp³-hybridized carbons (Fsp3) is 0.722. The van der Waals surface area contributed by atoms with Crippen molar-refractivity contribution in [1.82, 2.24) is 15.1 Å². The summed E-state index contributed by atoms with van der Waals surface area (Å²) in [5, 5.41) is 22.9. The second-order valence-corrected chi connectivity index (χ2v) is 9.55. The van der Waals surface area contributed by atoms with Crippen LogP contribution < -0.4 is 11.1 Å². The summed E-state index contributed by atoms with van der Waals surface area (Å²) in [4.78, 5) is 40.5. The number of nitrogens with one attached hydrogen (secondary N) is 1. The normalized spacial score (nSPS) is 35.0. The minimum absolute atomic E-state index is 0. The molecule has 0 spiro atoms. The number of hydrogen-bond acceptors (Lipinski definition) is 7. The van der Waals surface area contributed by atoms with Crippen molar-refractivity contribution in [3.63, 3.8) is 0 Å². The van der Waals surface area contributed by atoms with Crippen LogP contribution in [0.3, 0.4) is 0 Å². The van der Waals surface area contributed by atoms with E-state index in [0.29, 0.717) is 31.0 Å². The Morgan fingerprint density at radius 3 is 2.55 bits per heavy atom. The number of aliphatic carboxylic acids is 1. The number of hydrogen-bond donors (Lipinski definition) is 4. The molecule has 1 unspecified atom stereocenters. The molecule has 4 aliphatic rings. The monoisotopic (exact) mass is 446 g/mol. The van der Waals surface area contributed by atoms with Gasteiger partial charge in [-0.1, -0.05) is 6.92 Å². The SMILES string of the molecule is CC(O)[C@H]1C(=O)N2C(C(=O)O)=C(S[C@@H]3CN[C@H](C(=O)N4CC(N)C4)C3)[C@H](C)[C@H]12.Cl. The first-order chi connectivity index (χ1) is 13.2. The Hall–Kier alpha value is -1.33. The molecule has 0 aromatic rings. The van der Waals surface area contributed by atoms with Crippen molar-refractivity contribution in [1.29, 1.82) is 0 Å². The average molecular weight is 447 g/mol. The van der Waals surface area contributed by atoms with E-state index in [1.807, 2.05) is 6.92 Å². The van der Waals surface area contributed by atoms with Crippen LogP contribution in [0.25, 0.3) is 0 Å². The minimum Gasteiger partial charge on any atom is -0.477 e. The van der Waals surface area contributed by atoms with Crippen LogP contribution in [-0.4, -0.2) is 86.9 Å². The molecule has 0 aromatic carbocycles. The van der Waals surface area contributed by atoms with Gasteiger partial charge in [0.1, 0.15) is 5.70 Å². The molecule has 0 aliphatic carbocycles. The highest BCUT2D eigenvalue weighted by Gasteiger charge is 2.60. The zero-order valence-electron chi connectivity index (χ0n) is 16.3. The molecule has 0 aromatic heterocycles. The Morgan fingerprint density at radius 1 is 1.34 bits per heavy atom. The van der Waals surface area contributed by atoms with E-state index in [-0.39, 0.29) is 59.2 Å². The van der Waals surface area contributed by atoms with Crippen molar-refractivity contribution >= 4 is 42.0 Å². The molecule has 11 heteroatoms. The molecule has 4 heterocycles. The fourth-order valence-corrected chi connectivity index (χ4v) is 6.23. The zero-order chi connectivity index (χ0) is 20.3. The molecule has 4 rings (SSSR count). The molecular formula is C18H27ClN4O5S. The summed E-state index contributed by atoms with van der Waals surface area (Å²) < 4.78 is 0. The van der Waals surface area contributed by atoms with Crippen molar-refractivity contribution in [2.75, 3.05) is 19.6 Å². The van der Waals surface area contributed by atoms with Gasteiger partial charge < -0.3 is 31.1 Å². The number of carboxylic acid groups (broad SMARTS) is 1. The summed E-state index contributed by atoms with van der Waals surface area (Å²) in [6.07, 6.45) is -0.204. The smallest absolute Gasteiger partial charge is 0.353 e. The lowest BCUT2D eigenvalue weighted by Gasteiger charge is -2.46. The number of nitrogens with zero attached hydrogens (tertiary/aromatic N) is 2. The van der Waals surface area contributed by atoms with Gasteiger partial charge in [0, 0.05) is 41.7 Å². The van der Waals surface area contributed by atoms with E-state index in [1.165, 1.54) is 16.7 Å². The molecule has 29 heavy (non-hydrogen) atoms. The average Bonchev–Trinajstić information content (AvgIpc) is 3.14. The lowest BCUT2D eigenvalue weighted by molar-refractivity contribution is -0.163. The quantitative estimate of drug-likeness (QED) is 0.403. The van der Waals surface area contributed by atoms with Crippen molar-refractivity contribution in [3.8, 4) is 0 Å². The number of aliphatic hydroxyl groups is 1. The largest absolute Gasteiger partial charge is 0.477 e. The van der Waals surface area contributed by atoms with Crippen molar-refractivity contribution in [2.45, 2.75) is 49.7 Å². The molecule has 3 fully saturated rings. The molecular weight excluding hydrogens is 420 g/mol. The predicted molar refractivity (Wildman–Crippen MR) is 109 cm³/mol. The maximum absolute atomic E-state index is 12.5. The summed E-state index contributed by atoms with van der Waals surface area (Å²) in [5.74, 6) is -2.12. The molecule has 162 valence electrons. The maximum Gasteiger partial charge on any atom is 0.353 e. The van der Waals surface area contributed by atoms with E-state index in [4.69, 9.17) is 5.73 Å². The first kappa shape index (κ1) is 22.4. The van der Waals surface area contributed by atoms with Gasteiger partial charge in [0.2, 0.25) is 11.8 Å². The third-order valence-corrected chi connectivity index (χ3v) is 7.73. The second kappa shape index (κ2) is 8.07. The van der Waals surface area contributed by atoms with Crippen molar-refractivity contribution in [2.24, 2.45) is 17.6 Å². The molecule has 9 nitrogen and oxygen atoms in total. The summed E-state index contributed by atoms with van der Waals surface area (Å²) in [5.41, 5.74) is 5.78. The molecule has 3 saturated heterocycles.